The fourth-order valence-corrected chi connectivity index (χ4v) is 1.57. The first-order valence-corrected chi connectivity index (χ1v) is 5.40. The van der Waals surface area contributed by atoms with Gasteiger partial charge < -0.3 is 10.3 Å². The summed E-state index contributed by atoms with van der Waals surface area (Å²) in [6.45, 7) is 3.73. The van der Waals surface area contributed by atoms with Crippen molar-refractivity contribution >= 4 is 5.91 Å². The highest BCUT2D eigenvalue weighted by atomic mass is 16.1. The number of nitrogens with one attached hydrogen (secondary N) is 2. The third kappa shape index (κ3) is 2.50. The van der Waals surface area contributed by atoms with E-state index in [0.29, 0.717) is 5.69 Å². The largest absolute Gasteiger partial charge is 0.347 e. The Labute approximate surface area is 99.3 Å². The third-order valence-corrected chi connectivity index (χ3v) is 2.50. The van der Waals surface area contributed by atoms with Gasteiger partial charge in [0.05, 0.1) is 6.04 Å². The van der Waals surface area contributed by atoms with Gasteiger partial charge in [-0.05, 0) is 25.5 Å². The van der Waals surface area contributed by atoms with Crippen molar-refractivity contribution in [2.45, 2.75) is 19.9 Å². The first-order valence-electron chi connectivity index (χ1n) is 5.40. The number of hydrogen-bond donors (Lipinski definition) is 2. The summed E-state index contributed by atoms with van der Waals surface area (Å²) in [7, 11) is 0. The Balaban J connectivity index is 2.10. The average Bonchev–Trinajstić information content (AvgIpc) is 2.82. The summed E-state index contributed by atoms with van der Waals surface area (Å²) >= 11 is 0. The van der Waals surface area contributed by atoms with Crippen molar-refractivity contribution in [3.63, 3.8) is 0 Å². The van der Waals surface area contributed by atoms with Gasteiger partial charge in [-0.25, -0.2) is 4.98 Å². The number of hydrogen-bond acceptors (Lipinski definition) is 3. The van der Waals surface area contributed by atoms with Gasteiger partial charge in [-0.15, -0.1) is 0 Å². The molecule has 0 spiro atoms. The van der Waals surface area contributed by atoms with Crippen LogP contribution >= 0.6 is 0 Å². The quantitative estimate of drug-likeness (QED) is 0.841. The summed E-state index contributed by atoms with van der Waals surface area (Å²) < 4.78 is 0. The average molecular weight is 230 g/mol. The molecule has 2 aromatic heterocycles. The number of amides is 1. The van der Waals surface area contributed by atoms with Gasteiger partial charge in [0.2, 0.25) is 0 Å². The van der Waals surface area contributed by atoms with Gasteiger partial charge >= 0.3 is 0 Å². The minimum atomic E-state index is -0.188. The van der Waals surface area contributed by atoms with E-state index in [0.717, 1.165) is 11.4 Å². The molecule has 17 heavy (non-hydrogen) atoms. The maximum atomic E-state index is 12.0. The molecule has 5 heteroatoms. The zero-order valence-electron chi connectivity index (χ0n) is 9.77. The van der Waals surface area contributed by atoms with E-state index in [-0.39, 0.29) is 11.9 Å². The van der Waals surface area contributed by atoms with Crippen LogP contribution in [-0.4, -0.2) is 20.9 Å². The SMILES string of the molecule is Cc1cccnc1C(=O)NC(C)c1ncc[nH]1. The number of aromatic amines is 1. The lowest BCUT2D eigenvalue weighted by Gasteiger charge is -2.11. The van der Waals surface area contributed by atoms with Crippen molar-refractivity contribution in [2.24, 2.45) is 0 Å². The molecular formula is C12H14N4O. The number of carbonyl (C=O) groups is 1. The van der Waals surface area contributed by atoms with Gasteiger partial charge in [0.1, 0.15) is 11.5 Å². The smallest absolute Gasteiger partial charge is 0.270 e. The molecule has 0 aliphatic heterocycles. The zero-order valence-corrected chi connectivity index (χ0v) is 9.77. The summed E-state index contributed by atoms with van der Waals surface area (Å²) in [4.78, 5) is 23.1. The lowest BCUT2D eigenvalue weighted by atomic mass is 10.2. The van der Waals surface area contributed by atoms with E-state index >= 15 is 0 Å². The molecule has 0 saturated carbocycles. The summed E-state index contributed by atoms with van der Waals surface area (Å²) in [5, 5.41) is 2.84. The summed E-state index contributed by atoms with van der Waals surface area (Å²) in [6.07, 6.45) is 4.99. The van der Waals surface area contributed by atoms with E-state index < -0.39 is 0 Å². The maximum Gasteiger partial charge on any atom is 0.270 e. The van der Waals surface area contributed by atoms with Gasteiger partial charge in [-0.1, -0.05) is 6.07 Å². The van der Waals surface area contributed by atoms with Crippen molar-refractivity contribution < 1.29 is 4.79 Å². The second-order valence-corrected chi connectivity index (χ2v) is 3.84. The predicted octanol–water partition coefficient (Wildman–Crippen LogP) is 1.60. The van der Waals surface area contributed by atoms with Crippen molar-refractivity contribution in [1.29, 1.82) is 0 Å². The topological polar surface area (TPSA) is 70.7 Å². The molecule has 0 bridgehead atoms. The highest BCUT2D eigenvalue weighted by Crippen LogP contribution is 2.08. The fourth-order valence-electron chi connectivity index (χ4n) is 1.57. The van der Waals surface area contributed by atoms with Gasteiger partial charge in [0, 0.05) is 18.6 Å². The lowest BCUT2D eigenvalue weighted by molar-refractivity contribution is 0.0932. The van der Waals surface area contributed by atoms with Crippen LogP contribution in [0.4, 0.5) is 0 Å². The Morgan fingerprint density at radius 3 is 2.88 bits per heavy atom. The Morgan fingerprint density at radius 2 is 2.24 bits per heavy atom. The minimum absolute atomic E-state index is 0.168. The first kappa shape index (κ1) is 11.3. The van der Waals surface area contributed by atoms with Crippen molar-refractivity contribution in [3.8, 4) is 0 Å². The van der Waals surface area contributed by atoms with E-state index in [2.05, 4.69) is 20.3 Å². The molecule has 1 unspecified atom stereocenters. The molecule has 2 heterocycles. The molecule has 1 amide bonds. The van der Waals surface area contributed by atoms with Crippen LogP contribution in [0.5, 0.6) is 0 Å². The van der Waals surface area contributed by atoms with E-state index in [4.69, 9.17) is 0 Å². The number of carbonyl (C=O) groups excluding carboxylic acids is 1. The van der Waals surface area contributed by atoms with Crippen molar-refractivity contribution in [3.05, 3.63) is 47.8 Å². The number of pyridine rings is 1. The van der Waals surface area contributed by atoms with Gasteiger partial charge in [-0.2, -0.15) is 0 Å². The molecule has 0 saturated heterocycles. The summed E-state index contributed by atoms with van der Waals surface area (Å²) in [5.41, 5.74) is 1.31. The van der Waals surface area contributed by atoms with Crippen LogP contribution in [0.3, 0.4) is 0 Å². The molecule has 2 N–H and O–H groups in total. The van der Waals surface area contributed by atoms with Gasteiger partial charge in [-0.3, -0.25) is 9.78 Å². The number of rotatable bonds is 3. The highest BCUT2D eigenvalue weighted by Gasteiger charge is 2.15. The molecule has 5 nitrogen and oxygen atoms in total. The number of imidazole rings is 1. The Hall–Kier alpha value is -2.17. The third-order valence-electron chi connectivity index (χ3n) is 2.50. The highest BCUT2D eigenvalue weighted by molar-refractivity contribution is 5.93. The molecule has 2 aromatic rings. The number of aryl methyl sites for hydroxylation is 1. The van der Waals surface area contributed by atoms with E-state index in [1.54, 1.807) is 18.6 Å². The number of nitrogens with zero attached hydrogens (tertiary/aromatic N) is 2. The van der Waals surface area contributed by atoms with Crippen LogP contribution in [-0.2, 0) is 0 Å². The molecule has 2 rings (SSSR count). The monoisotopic (exact) mass is 230 g/mol. The van der Waals surface area contributed by atoms with Gasteiger partial charge in [0.15, 0.2) is 0 Å². The van der Waals surface area contributed by atoms with Crippen LogP contribution in [0.15, 0.2) is 30.7 Å². The molecule has 0 aliphatic rings. The second-order valence-electron chi connectivity index (χ2n) is 3.84. The van der Waals surface area contributed by atoms with Crippen LogP contribution in [0.1, 0.15) is 34.8 Å². The standard InChI is InChI=1S/C12H14N4O/c1-8-4-3-5-13-10(8)12(17)16-9(2)11-14-6-7-15-11/h3-7,9H,1-2H3,(H,14,15)(H,16,17). The van der Waals surface area contributed by atoms with E-state index in [1.807, 2.05) is 26.0 Å². The van der Waals surface area contributed by atoms with Crippen molar-refractivity contribution in [2.75, 3.05) is 0 Å². The fraction of sp³-hybridized carbons (Fsp3) is 0.250. The van der Waals surface area contributed by atoms with Crippen LogP contribution in [0.25, 0.3) is 0 Å². The normalized spacial score (nSPS) is 12.1. The Kier molecular flexibility index (Phi) is 3.18. The number of aromatic nitrogens is 3. The molecule has 1 atom stereocenters. The minimum Gasteiger partial charge on any atom is -0.347 e. The first-order chi connectivity index (χ1) is 8.18. The molecule has 88 valence electrons. The molecule has 0 aliphatic carbocycles. The predicted molar refractivity (Wildman–Crippen MR) is 63.4 cm³/mol. The Bertz CT molecular complexity index is 507. The van der Waals surface area contributed by atoms with Crippen LogP contribution < -0.4 is 5.32 Å². The maximum absolute atomic E-state index is 12.0. The second kappa shape index (κ2) is 4.78. The molecule has 0 fully saturated rings. The molecule has 0 radical (unpaired) electrons. The summed E-state index contributed by atoms with van der Waals surface area (Å²) in [5.74, 6) is 0.541. The summed E-state index contributed by atoms with van der Waals surface area (Å²) in [6, 6.07) is 3.50. The van der Waals surface area contributed by atoms with Crippen LogP contribution in [0.2, 0.25) is 0 Å². The lowest BCUT2D eigenvalue weighted by Crippen LogP contribution is -2.28. The Morgan fingerprint density at radius 1 is 1.41 bits per heavy atom. The number of H-pyrrole nitrogens is 1. The molecule has 0 aromatic carbocycles. The van der Waals surface area contributed by atoms with Crippen molar-refractivity contribution in [1.82, 2.24) is 20.3 Å². The van der Waals surface area contributed by atoms with Crippen LogP contribution in [0, 0.1) is 6.92 Å². The zero-order chi connectivity index (χ0) is 12.3. The van der Waals surface area contributed by atoms with E-state index in [9.17, 15) is 4.79 Å². The molecular weight excluding hydrogens is 216 g/mol. The van der Waals surface area contributed by atoms with Gasteiger partial charge in [0.25, 0.3) is 5.91 Å². The van der Waals surface area contributed by atoms with E-state index in [1.165, 1.54) is 0 Å².